The first-order chi connectivity index (χ1) is 6.68. The van der Waals surface area contributed by atoms with Crippen molar-refractivity contribution in [3.05, 3.63) is 40.3 Å². The van der Waals surface area contributed by atoms with Crippen LogP contribution in [-0.2, 0) is 0 Å². The molecule has 0 unspecified atom stereocenters. The Hall–Kier alpha value is -1.35. The van der Waals surface area contributed by atoms with Crippen molar-refractivity contribution in [1.82, 2.24) is 0 Å². The number of hydrogen-bond acceptors (Lipinski definition) is 2. The average Bonchev–Trinajstić information content (AvgIpc) is 2.52. The van der Waals surface area contributed by atoms with Gasteiger partial charge in [0.1, 0.15) is 5.82 Å². The van der Waals surface area contributed by atoms with Gasteiger partial charge in [-0.05, 0) is 42.1 Å². The third-order valence-corrected chi connectivity index (χ3v) is 3.01. The molecule has 0 aliphatic rings. The van der Waals surface area contributed by atoms with Crippen LogP contribution in [0.1, 0.15) is 4.88 Å². The van der Waals surface area contributed by atoms with Gasteiger partial charge in [0, 0.05) is 16.1 Å². The summed E-state index contributed by atoms with van der Waals surface area (Å²) in [6.07, 6.45) is 0. The van der Waals surface area contributed by atoms with E-state index in [0.717, 1.165) is 11.1 Å². The van der Waals surface area contributed by atoms with Crippen LogP contribution in [0, 0.1) is 12.7 Å². The van der Waals surface area contributed by atoms with E-state index >= 15 is 0 Å². The van der Waals surface area contributed by atoms with E-state index in [1.54, 1.807) is 17.4 Å². The van der Waals surface area contributed by atoms with Gasteiger partial charge < -0.3 is 5.73 Å². The van der Waals surface area contributed by atoms with Crippen LogP contribution in [0.25, 0.3) is 11.1 Å². The molecule has 0 aliphatic carbocycles. The highest BCUT2D eigenvalue weighted by atomic mass is 32.1. The van der Waals surface area contributed by atoms with Crippen LogP contribution in [0.5, 0.6) is 0 Å². The first-order valence-corrected chi connectivity index (χ1v) is 5.16. The molecule has 3 heteroatoms. The molecule has 2 rings (SSSR count). The van der Waals surface area contributed by atoms with Crippen LogP contribution in [0.4, 0.5) is 10.1 Å². The largest absolute Gasteiger partial charge is 0.398 e. The summed E-state index contributed by atoms with van der Waals surface area (Å²) in [5, 5.41) is 2.01. The molecular formula is C11H10FNS. The summed E-state index contributed by atoms with van der Waals surface area (Å²) in [7, 11) is 0. The summed E-state index contributed by atoms with van der Waals surface area (Å²) in [4.78, 5) is 1.20. The number of benzene rings is 1. The van der Waals surface area contributed by atoms with Gasteiger partial charge in [-0.15, -0.1) is 11.3 Å². The Morgan fingerprint density at radius 1 is 1.21 bits per heavy atom. The zero-order valence-electron chi connectivity index (χ0n) is 7.75. The fourth-order valence-corrected chi connectivity index (χ4v) is 2.16. The smallest absolute Gasteiger partial charge is 0.125 e. The van der Waals surface area contributed by atoms with Gasteiger partial charge in [-0.25, -0.2) is 4.39 Å². The number of aryl methyl sites for hydroxylation is 1. The Kier molecular flexibility index (Phi) is 2.25. The predicted molar refractivity (Wildman–Crippen MR) is 58.9 cm³/mol. The SMILES string of the molecule is Cc1sccc1-c1ccc(F)cc1N. The Labute approximate surface area is 86.0 Å². The van der Waals surface area contributed by atoms with E-state index in [1.165, 1.54) is 17.0 Å². The molecule has 1 aromatic heterocycles. The molecule has 1 heterocycles. The van der Waals surface area contributed by atoms with Crippen LogP contribution in [0.2, 0.25) is 0 Å². The van der Waals surface area contributed by atoms with Crippen LogP contribution in [0.15, 0.2) is 29.6 Å². The molecule has 0 bridgehead atoms. The molecule has 0 atom stereocenters. The maximum Gasteiger partial charge on any atom is 0.125 e. The monoisotopic (exact) mass is 207 g/mol. The second kappa shape index (κ2) is 3.42. The molecule has 0 saturated heterocycles. The van der Waals surface area contributed by atoms with Crippen LogP contribution in [-0.4, -0.2) is 0 Å². The highest BCUT2D eigenvalue weighted by Gasteiger charge is 2.06. The first-order valence-electron chi connectivity index (χ1n) is 4.28. The second-order valence-corrected chi connectivity index (χ2v) is 4.24. The zero-order valence-corrected chi connectivity index (χ0v) is 8.57. The Morgan fingerprint density at radius 2 is 2.00 bits per heavy atom. The van der Waals surface area contributed by atoms with Crippen molar-refractivity contribution in [1.29, 1.82) is 0 Å². The lowest BCUT2D eigenvalue weighted by molar-refractivity contribution is 0.628. The van der Waals surface area contributed by atoms with Gasteiger partial charge in [0.25, 0.3) is 0 Å². The number of halogens is 1. The summed E-state index contributed by atoms with van der Waals surface area (Å²) in [6.45, 7) is 2.03. The van der Waals surface area contributed by atoms with E-state index in [2.05, 4.69) is 0 Å². The van der Waals surface area contributed by atoms with Crippen molar-refractivity contribution in [2.45, 2.75) is 6.92 Å². The Morgan fingerprint density at radius 3 is 2.57 bits per heavy atom. The Balaban J connectivity index is 2.58. The minimum Gasteiger partial charge on any atom is -0.398 e. The summed E-state index contributed by atoms with van der Waals surface area (Å²) >= 11 is 1.66. The van der Waals surface area contributed by atoms with Gasteiger partial charge >= 0.3 is 0 Å². The standard InChI is InChI=1S/C11H10FNS/c1-7-9(4-5-14-7)10-3-2-8(12)6-11(10)13/h2-6H,13H2,1H3. The molecule has 2 aromatic rings. The second-order valence-electron chi connectivity index (χ2n) is 3.12. The highest BCUT2D eigenvalue weighted by Crippen LogP contribution is 2.31. The maximum atomic E-state index is 12.8. The van der Waals surface area contributed by atoms with Crippen molar-refractivity contribution < 1.29 is 4.39 Å². The molecule has 72 valence electrons. The molecule has 1 aromatic carbocycles. The average molecular weight is 207 g/mol. The third kappa shape index (κ3) is 1.51. The lowest BCUT2D eigenvalue weighted by atomic mass is 10.1. The van der Waals surface area contributed by atoms with Gasteiger partial charge in [-0.2, -0.15) is 0 Å². The number of hydrogen-bond donors (Lipinski definition) is 1. The lowest BCUT2D eigenvalue weighted by Crippen LogP contribution is -1.90. The van der Waals surface area contributed by atoms with Crippen molar-refractivity contribution in [3.8, 4) is 11.1 Å². The molecule has 1 nitrogen and oxygen atoms in total. The van der Waals surface area contributed by atoms with Crippen molar-refractivity contribution in [3.63, 3.8) is 0 Å². The summed E-state index contributed by atoms with van der Waals surface area (Å²) in [6, 6.07) is 6.51. The van der Waals surface area contributed by atoms with Gasteiger partial charge in [-0.1, -0.05) is 0 Å². The number of anilines is 1. The fraction of sp³-hybridized carbons (Fsp3) is 0.0909. The molecule has 14 heavy (non-hydrogen) atoms. The molecule has 0 saturated carbocycles. The quantitative estimate of drug-likeness (QED) is 0.712. The van der Waals surface area contributed by atoms with E-state index in [1.807, 2.05) is 18.4 Å². The molecule has 0 spiro atoms. The maximum absolute atomic E-state index is 12.8. The molecular weight excluding hydrogens is 197 g/mol. The van der Waals surface area contributed by atoms with E-state index in [-0.39, 0.29) is 5.82 Å². The first kappa shape index (κ1) is 9.21. The number of thiophene rings is 1. The fourth-order valence-electron chi connectivity index (χ4n) is 1.44. The van der Waals surface area contributed by atoms with E-state index in [9.17, 15) is 4.39 Å². The minimum absolute atomic E-state index is 0.292. The van der Waals surface area contributed by atoms with Gasteiger partial charge in [0.15, 0.2) is 0 Å². The molecule has 2 N–H and O–H groups in total. The summed E-state index contributed by atoms with van der Waals surface area (Å²) < 4.78 is 12.8. The zero-order chi connectivity index (χ0) is 10.1. The number of nitrogens with two attached hydrogens (primary N) is 1. The van der Waals surface area contributed by atoms with E-state index in [0.29, 0.717) is 5.69 Å². The predicted octanol–water partition coefficient (Wildman–Crippen LogP) is 3.44. The van der Waals surface area contributed by atoms with Crippen LogP contribution < -0.4 is 5.73 Å². The molecule has 0 radical (unpaired) electrons. The van der Waals surface area contributed by atoms with Crippen molar-refractivity contribution in [2.75, 3.05) is 5.73 Å². The van der Waals surface area contributed by atoms with Gasteiger partial charge in [-0.3, -0.25) is 0 Å². The third-order valence-electron chi connectivity index (χ3n) is 2.16. The summed E-state index contributed by atoms with van der Waals surface area (Å²) in [5.74, 6) is -0.292. The van der Waals surface area contributed by atoms with E-state index in [4.69, 9.17) is 5.73 Å². The molecule has 0 fully saturated rings. The van der Waals surface area contributed by atoms with Gasteiger partial charge in [0.05, 0.1) is 0 Å². The molecule has 0 aliphatic heterocycles. The van der Waals surface area contributed by atoms with Crippen LogP contribution >= 0.6 is 11.3 Å². The number of nitrogen functional groups attached to an aromatic ring is 1. The van der Waals surface area contributed by atoms with Crippen LogP contribution in [0.3, 0.4) is 0 Å². The number of rotatable bonds is 1. The van der Waals surface area contributed by atoms with E-state index < -0.39 is 0 Å². The highest BCUT2D eigenvalue weighted by molar-refractivity contribution is 7.10. The molecule has 0 amide bonds. The summed E-state index contributed by atoms with van der Waals surface area (Å²) in [5.41, 5.74) is 8.24. The lowest BCUT2D eigenvalue weighted by Gasteiger charge is -2.04. The van der Waals surface area contributed by atoms with Gasteiger partial charge in [0.2, 0.25) is 0 Å². The Bertz CT molecular complexity index is 462. The normalized spacial score (nSPS) is 10.4. The van der Waals surface area contributed by atoms with Crippen molar-refractivity contribution >= 4 is 17.0 Å². The van der Waals surface area contributed by atoms with Crippen molar-refractivity contribution in [2.24, 2.45) is 0 Å². The topological polar surface area (TPSA) is 26.0 Å². The minimum atomic E-state index is -0.292.